The topological polar surface area (TPSA) is 20.2 Å². The first-order chi connectivity index (χ1) is 8.01. The van der Waals surface area contributed by atoms with Crippen molar-refractivity contribution < 1.29 is 5.11 Å². The predicted molar refractivity (Wildman–Crippen MR) is 73.9 cm³/mol. The van der Waals surface area contributed by atoms with E-state index >= 15 is 0 Å². The molecule has 0 amide bonds. The smallest absolute Gasteiger partial charge is 0.120 e. The lowest BCUT2D eigenvalue weighted by atomic mass is 10.1. The summed E-state index contributed by atoms with van der Waals surface area (Å²) in [5, 5.41) is 9.49. The van der Waals surface area contributed by atoms with Crippen molar-refractivity contribution in [3.8, 4) is 23.7 Å². The number of unbranched alkanes of at least 4 members (excludes halogenated alkanes) is 2. The molecule has 1 rings (SSSR count). The minimum absolute atomic E-state index is 0.934. The summed E-state index contributed by atoms with van der Waals surface area (Å²) in [7, 11) is 0. The molecule has 0 aliphatic carbocycles. The Morgan fingerprint density at radius 2 is 1.88 bits per heavy atom. The summed E-state index contributed by atoms with van der Waals surface area (Å²) in [6.07, 6.45) is 3.30. The maximum absolute atomic E-state index is 9.49. The van der Waals surface area contributed by atoms with Gasteiger partial charge in [-0.05, 0) is 32.4 Å². The van der Waals surface area contributed by atoms with Crippen LogP contribution in [0.3, 0.4) is 0 Å². The van der Waals surface area contributed by atoms with E-state index < -0.39 is 5.60 Å². The van der Waals surface area contributed by atoms with Gasteiger partial charge in [0.15, 0.2) is 0 Å². The van der Waals surface area contributed by atoms with E-state index in [1.54, 1.807) is 25.2 Å². The fourth-order valence-electron chi connectivity index (χ4n) is 1.10. The fourth-order valence-corrected chi connectivity index (χ4v) is 1.84. The Kier molecular flexibility index (Phi) is 5.29. The zero-order valence-corrected chi connectivity index (χ0v) is 11.4. The molecule has 0 aliphatic heterocycles. The molecule has 1 N–H and O–H groups in total. The van der Waals surface area contributed by atoms with Crippen LogP contribution in [0.15, 0.2) is 12.1 Å². The van der Waals surface area contributed by atoms with E-state index in [-0.39, 0.29) is 0 Å². The Bertz CT molecular complexity index is 469. The molecule has 1 heterocycles. The van der Waals surface area contributed by atoms with E-state index in [0.717, 1.165) is 22.6 Å². The lowest BCUT2D eigenvalue weighted by Crippen LogP contribution is -2.14. The molecule has 90 valence electrons. The molecule has 17 heavy (non-hydrogen) atoms. The third kappa shape index (κ3) is 6.17. The zero-order valence-electron chi connectivity index (χ0n) is 10.6. The standard InChI is InChI=1S/C15H18OS/c1-4-5-6-7-8-13-9-10-14(17-13)11-12-15(2,3)16/h9-10,16H,4-6H2,1-3H3. The molecule has 1 aromatic heterocycles. The van der Waals surface area contributed by atoms with Crippen LogP contribution in [0.1, 0.15) is 49.8 Å². The van der Waals surface area contributed by atoms with Crippen LogP contribution in [0, 0.1) is 23.7 Å². The van der Waals surface area contributed by atoms with Crippen LogP contribution in [0.4, 0.5) is 0 Å². The molecular formula is C15H18OS. The van der Waals surface area contributed by atoms with Crippen molar-refractivity contribution in [1.29, 1.82) is 0 Å². The van der Waals surface area contributed by atoms with Crippen LogP contribution in [-0.4, -0.2) is 10.7 Å². The van der Waals surface area contributed by atoms with Crippen LogP contribution in [-0.2, 0) is 0 Å². The van der Waals surface area contributed by atoms with Gasteiger partial charge in [0.05, 0.1) is 9.75 Å². The molecular weight excluding hydrogens is 228 g/mol. The summed E-state index contributed by atoms with van der Waals surface area (Å²) in [6, 6.07) is 3.94. The van der Waals surface area contributed by atoms with E-state index in [2.05, 4.69) is 30.6 Å². The van der Waals surface area contributed by atoms with Gasteiger partial charge < -0.3 is 5.11 Å². The maximum Gasteiger partial charge on any atom is 0.120 e. The molecule has 1 nitrogen and oxygen atoms in total. The second-order valence-corrected chi connectivity index (χ2v) is 5.46. The van der Waals surface area contributed by atoms with Crippen molar-refractivity contribution in [3.63, 3.8) is 0 Å². The van der Waals surface area contributed by atoms with E-state index in [1.165, 1.54) is 6.42 Å². The van der Waals surface area contributed by atoms with E-state index in [4.69, 9.17) is 0 Å². The Morgan fingerprint density at radius 1 is 1.24 bits per heavy atom. The molecule has 0 aromatic carbocycles. The Labute approximate surface area is 108 Å². The molecule has 0 unspecified atom stereocenters. The number of aliphatic hydroxyl groups is 1. The number of hydrogen-bond donors (Lipinski definition) is 1. The van der Waals surface area contributed by atoms with Crippen LogP contribution in [0.25, 0.3) is 0 Å². The lowest BCUT2D eigenvalue weighted by Gasteiger charge is -2.05. The first-order valence-corrected chi connectivity index (χ1v) is 6.67. The van der Waals surface area contributed by atoms with E-state index in [1.807, 2.05) is 12.1 Å². The predicted octanol–water partition coefficient (Wildman–Crippen LogP) is 3.41. The van der Waals surface area contributed by atoms with Crippen LogP contribution in [0.2, 0.25) is 0 Å². The monoisotopic (exact) mass is 246 g/mol. The van der Waals surface area contributed by atoms with Gasteiger partial charge in [-0.1, -0.05) is 37.0 Å². The fraction of sp³-hybridized carbons (Fsp3) is 0.467. The molecule has 0 saturated heterocycles. The lowest BCUT2D eigenvalue weighted by molar-refractivity contribution is 0.143. The van der Waals surface area contributed by atoms with Crippen LogP contribution in [0.5, 0.6) is 0 Å². The summed E-state index contributed by atoms with van der Waals surface area (Å²) in [4.78, 5) is 1.99. The van der Waals surface area contributed by atoms with Crippen molar-refractivity contribution in [2.45, 2.75) is 45.6 Å². The second-order valence-electron chi connectivity index (χ2n) is 4.38. The number of hydrogen-bond acceptors (Lipinski definition) is 2. The van der Waals surface area contributed by atoms with Gasteiger partial charge in [0.25, 0.3) is 0 Å². The summed E-state index contributed by atoms with van der Waals surface area (Å²) in [5.41, 5.74) is -0.934. The first-order valence-electron chi connectivity index (χ1n) is 5.85. The van der Waals surface area contributed by atoms with Crippen molar-refractivity contribution in [1.82, 2.24) is 0 Å². The molecule has 0 aliphatic rings. The average Bonchev–Trinajstić information content (AvgIpc) is 2.69. The van der Waals surface area contributed by atoms with Crippen molar-refractivity contribution in [3.05, 3.63) is 21.9 Å². The van der Waals surface area contributed by atoms with Crippen molar-refractivity contribution in [2.75, 3.05) is 0 Å². The summed E-state index contributed by atoms with van der Waals surface area (Å²) in [5.74, 6) is 12.0. The molecule has 0 bridgehead atoms. The maximum atomic E-state index is 9.49. The highest BCUT2D eigenvalue weighted by Crippen LogP contribution is 2.14. The highest BCUT2D eigenvalue weighted by molar-refractivity contribution is 7.13. The molecule has 0 radical (unpaired) electrons. The van der Waals surface area contributed by atoms with Crippen LogP contribution < -0.4 is 0 Å². The van der Waals surface area contributed by atoms with Crippen LogP contribution >= 0.6 is 11.3 Å². The molecule has 0 atom stereocenters. The van der Waals surface area contributed by atoms with Crippen molar-refractivity contribution >= 4 is 11.3 Å². The van der Waals surface area contributed by atoms with Gasteiger partial charge in [0, 0.05) is 6.42 Å². The van der Waals surface area contributed by atoms with Gasteiger partial charge in [-0.3, -0.25) is 0 Å². The molecule has 0 saturated carbocycles. The molecule has 0 fully saturated rings. The van der Waals surface area contributed by atoms with Gasteiger partial charge in [-0.15, -0.1) is 11.3 Å². The Morgan fingerprint density at radius 3 is 2.47 bits per heavy atom. The minimum atomic E-state index is -0.934. The summed E-state index contributed by atoms with van der Waals surface area (Å²) >= 11 is 1.57. The number of thiophene rings is 1. The molecule has 2 heteroatoms. The minimum Gasteiger partial charge on any atom is -0.378 e. The highest BCUT2D eigenvalue weighted by atomic mass is 32.1. The van der Waals surface area contributed by atoms with Gasteiger partial charge in [0.2, 0.25) is 0 Å². The third-order valence-electron chi connectivity index (χ3n) is 1.96. The van der Waals surface area contributed by atoms with Gasteiger partial charge in [0.1, 0.15) is 5.60 Å². The van der Waals surface area contributed by atoms with Gasteiger partial charge in [-0.25, -0.2) is 0 Å². The average molecular weight is 246 g/mol. The molecule has 0 spiro atoms. The van der Waals surface area contributed by atoms with E-state index in [0.29, 0.717) is 0 Å². The third-order valence-corrected chi connectivity index (χ3v) is 2.88. The quantitative estimate of drug-likeness (QED) is 0.626. The highest BCUT2D eigenvalue weighted by Gasteiger charge is 2.05. The Balaban J connectivity index is 2.64. The van der Waals surface area contributed by atoms with Crippen molar-refractivity contribution in [2.24, 2.45) is 0 Å². The summed E-state index contributed by atoms with van der Waals surface area (Å²) in [6.45, 7) is 5.52. The SMILES string of the molecule is CCCCC#Cc1ccc(C#CC(C)(C)O)s1. The molecule has 1 aromatic rings. The first kappa shape index (κ1) is 13.8. The summed E-state index contributed by atoms with van der Waals surface area (Å²) < 4.78 is 0. The Hall–Kier alpha value is -1.22. The zero-order chi connectivity index (χ0) is 12.7. The normalized spacial score (nSPS) is 10.1. The van der Waals surface area contributed by atoms with Gasteiger partial charge >= 0.3 is 0 Å². The van der Waals surface area contributed by atoms with Gasteiger partial charge in [-0.2, -0.15) is 0 Å². The van der Waals surface area contributed by atoms with E-state index in [9.17, 15) is 5.11 Å². The largest absolute Gasteiger partial charge is 0.378 e. The number of rotatable bonds is 2. The second kappa shape index (κ2) is 6.50.